The summed E-state index contributed by atoms with van der Waals surface area (Å²) in [5.74, 6) is 0. The van der Waals surface area contributed by atoms with Crippen LogP contribution >= 0.6 is 0 Å². The first-order valence-electron chi connectivity index (χ1n) is 3.57. The zero-order valence-electron chi connectivity index (χ0n) is 6.54. The molecule has 0 aliphatic carbocycles. The number of benzene rings is 1. The van der Waals surface area contributed by atoms with Crippen molar-refractivity contribution in [1.29, 1.82) is 0 Å². The van der Waals surface area contributed by atoms with Gasteiger partial charge in [0.05, 0.1) is 6.20 Å². The van der Waals surface area contributed by atoms with Gasteiger partial charge in [0.25, 0.3) is 0 Å². The highest BCUT2D eigenvalue weighted by molar-refractivity contribution is 4.99. The van der Waals surface area contributed by atoms with Crippen LogP contribution in [0.15, 0.2) is 55.1 Å². The highest BCUT2D eigenvalue weighted by Gasteiger charge is 1.71. The van der Waals surface area contributed by atoms with Gasteiger partial charge in [0.15, 0.2) is 0 Å². The third-order valence-electron chi connectivity index (χ3n) is 1.16. The van der Waals surface area contributed by atoms with Gasteiger partial charge in [-0.15, -0.1) is 0 Å². The lowest BCUT2D eigenvalue weighted by Crippen LogP contribution is -1.79. The number of imidazole rings is 1. The molecule has 0 saturated carbocycles. The molecule has 0 fully saturated rings. The third-order valence-corrected chi connectivity index (χ3v) is 1.16. The normalized spacial score (nSPS) is 8.33. The highest BCUT2D eigenvalue weighted by atomic mass is 16.5. The predicted molar refractivity (Wildman–Crippen MR) is 45.9 cm³/mol. The van der Waals surface area contributed by atoms with E-state index in [-0.39, 0.29) is 0 Å². The molecule has 3 heteroatoms. The van der Waals surface area contributed by atoms with Crippen LogP contribution in [0, 0.1) is 0 Å². The quantitative estimate of drug-likeness (QED) is 0.600. The van der Waals surface area contributed by atoms with Crippen LogP contribution in [0.2, 0.25) is 0 Å². The van der Waals surface area contributed by atoms with Crippen LogP contribution < -0.4 is 0 Å². The molecule has 62 valence electrons. The molecule has 1 aromatic heterocycles. The lowest BCUT2D eigenvalue weighted by Gasteiger charge is -1.77. The lowest BCUT2D eigenvalue weighted by molar-refractivity contribution is 0.186. The third kappa shape index (κ3) is 3.41. The second kappa shape index (κ2) is 4.96. The summed E-state index contributed by atoms with van der Waals surface area (Å²) >= 11 is 0. The summed E-state index contributed by atoms with van der Waals surface area (Å²) in [4.78, 5) is 3.53. The van der Waals surface area contributed by atoms with Gasteiger partial charge in [0, 0.05) is 6.20 Å². The fraction of sp³-hybridized carbons (Fsp3) is 0. The molecule has 0 spiro atoms. The molecule has 3 nitrogen and oxygen atoms in total. The Balaban J connectivity index is 0.000000120. The summed E-state index contributed by atoms with van der Waals surface area (Å²) in [5.41, 5.74) is 0. The fourth-order valence-corrected chi connectivity index (χ4v) is 0.637. The summed E-state index contributed by atoms with van der Waals surface area (Å²) in [7, 11) is 0. The van der Waals surface area contributed by atoms with Crippen LogP contribution in [0.4, 0.5) is 0 Å². The van der Waals surface area contributed by atoms with E-state index in [0.717, 1.165) is 4.73 Å². The van der Waals surface area contributed by atoms with E-state index in [1.165, 1.54) is 18.7 Å². The van der Waals surface area contributed by atoms with E-state index in [1.54, 1.807) is 0 Å². The SMILES string of the molecule is On1ccnc1.c1ccccc1. The smallest absolute Gasteiger partial charge is 0.131 e. The van der Waals surface area contributed by atoms with Crippen molar-refractivity contribution in [3.05, 3.63) is 55.1 Å². The van der Waals surface area contributed by atoms with E-state index in [4.69, 9.17) is 5.21 Å². The molecule has 12 heavy (non-hydrogen) atoms. The number of aromatic nitrogens is 2. The molecule has 2 aromatic rings. The number of hydrogen-bond donors (Lipinski definition) is 1. The summed E-state index contributed by atoms with van der Waals surface area (Å²) in [6.45, 7) is 0. The van der Waals surface area contributed by atoms with Gasteiger partial charge in [0.2, 0.25) is 0 Å². The van der Waals surface area contributed by atoms with Gasteiger partial charge < -0.3 is 5.21 Å². The molecular weight excluding hydrogens is 152 g/mol. The molecule has 1 aromatic carbocycles. The van der Waals surface area contributed by atoms with Crippen LogP contribution in [-0.2, 0) is 0 Å². The Labute approximate surface area is 70.9 Å². The molecule has 0 atom stereocenters. The van der Waals surface area contributed by atoms with Crippen LogP contribution in [-0.4, -0.2) is 14.9 Å². The van der Waals surface area contributed by atoms with Crippen LogP contribution in [0.5, 0.6) is 0 Å². The molecular formula is C9H10N2O. The molecule has 1 N–H and O–H groups in total. The predicted octanol–water partition coefficient (Wildman–Crippen LogP) is 1.81. The van der Waals surface area contributed by atoms with Gasteiger partial charge in [0.1, 0.15) is 6.33 Å². The molecule has 0 amide bonds. The average Bonchev–Trinajstić information content (AvgIpc) is 2.60. The standard InChI is InChI=1S/C6H6.C3H4N2O/c1-2-4-6-5-3-1;6-5-2-1-4-3-5/h1-6H;1-3,6H. The van der Waals surface area contributed by atoms with E-state index in [2.05, 4.69) is 4.98 Å². The van der Waals surface area contributed by atoms with Crippen LogP contribution in [0.3, 0.4) is 0 Å². The first kappa shape index (κ1) is 8.33. The molecule has 0 aliphatic heterocycles. The van der Waals surface area contributed by atoms with E-state index in [0.29, 0.717) is 0 Å². The van der Waals surface area contributed by atoms with Gasteiger partial charge in [-0.3, -0.25) is 0 Å². The van der Waals surface area contributed by atoms with Crippen molar-refractivity contribution in [3.63, 3.8) is 0 Å². The fourth-order valence-electron chi connectivity index (χ4n) is 0.637. The second-order valence-corrected chi connectivity index (χ2v) is 2.10. The first-order valence-corrected chi connectivity index (χ1v) is 3.57. The van der Waals surface area contributed by atoms with Crippen molar-refractivity contribution >= 4 is 0 Å². The van der Waals surface area contributed by atoms with Gasteiger partial charge in [-0.2, -0.15) is 4.73 Å². The van der Waals surface area contributed by atoms with E-state index < -0.39 is 0 Å². The topological polar surface area (TPSA) is 38.0 Å². The molecule has 1 heterocycles. The Bertz CT molecular complexity index is 252. The molecule has 0 radical (unpaired) electrons. The zero-order valence-corrected chi connectivity index (χ0v) is 6.54. The Morgan fingerprint density at radius 2 is 1.42 bits per heavy atom. The highest BCUT2D eigenvalue weighted by Crippen LogP contribution is 1.79. The summed E-state index contributed by atoms with van der Waals surface area (Å²) in [5, 5.41) is 8.33. The van der Waals surface area contributed by atoms with E-state index >= 15 is 0 Å². The van der Waals surface area contributed by atoms with Crippen LogP contribution in [0.25, 0.3) is 0 Å². The maximum atomic E-state index is 8.33. The number of nitrogens with zero attached hydrogens (tertiary/aromatic N) is 2. The summed E-state index contributed by atoms with van der Waals surface area (Å²) in [6, 6.07) is 12.0. The van der Waals surface area contributed by atoms with Gasteiger partial charge in [-0.25, -0.2) is 4.98 Å². The summed E-state index contributed by atoms with van der Waals surface area (Å²) < 4.78 is 0.889. The first-order chi connectivity index (χ1) is 5.89. The maximum Gasteiger partial charge on any atom is 0.131 e. The average molecular weight is 162 g/mol. The number of rotatable bonds is 0. The van der Waals surface area contributed by atoms with Crippen molar-refractivity contribution in [1.82, 2.24) is 9.71 Å². The van der Waals surface area contributed by atoms with Gasteiger partial charge in [-0.1, -0.05) is 36.4 Å². The lowest BCUT2D eigenvalue weighted by atomic mass is 10.4. The van der Waals surface area contributed by atoms with Gasteiger partial charge >= 0.3 is 0 Å². The Hall–Kier alpha value is -1.77. The van der Waals surface area contributed by atoms with Crippen molar-refractivity contribution in [3.8, 4) is 0 Å². The van der Waals surface area contributed by atoms with E-state index in [1.807, 2.05) is 36.4 Å². The number of hydrogen-bond acceptors (Lipinski definition) is 2. The molecule has 0 bridgehead atoms. The van der Waals surface area contributed by atoms with Crippen LogP contribution in [0.1, 0.15) is 0 Å². The molecule has 0 unspecified atom stereocenters. The monoisotopic (exact) mass is 162 g/mol. The molecule has 2 rings (SSSR count). The Kier molecular flexibility index (Phi) is 3.44. The minimum absolute atomic E-state index is 0.889. The Morgan fingerprint density at radius 3 is 1.58 bits per heavy atom. The summed E-state index contributed by atoms with van der Waals surface area (Å²) in [6.07, 6.45) is 4.25. The molecule has 0 saturated heterocycles. The van der Waals surface area contributed by atoms with Crippen molar-refractivity contribution < 1.29 is 5.21 Å². The largest absolute Gasteiger partial charge is 0.427 e. The minimum Gasteiger partial charge on any atom is -0.427 e. The molecule has 0 aliphatic rings. The zero-order chi connectivity index (χ0) is 8.65. The second-order valence-electron chi connectivity index (χ2n) is 2.10. The van der Waals surface area contributed by atoms with Crippen molar-refractivity contribution in [2.45, 2.75) is 0 Å². The Morgan fingerprint density at radius 1 is 0.917 bits per heavy atom. The maximum absolute atomic E-state index is 8.33. The van der Waals surface area contributed by atoms with Crippen molar-refractivity contribution in [2.75, 3.05) is 0 Å². The minimum atomic E-state index is 0.889. The van der Waals surface area contributed by atoms with Crippen molar-refractivity contribution in [2.24, 2.45) is 0 Å². The van der Waals surface area contributed by atoms with E-state index in [9.17, 15) is 0 Å². The van der Waals surface area contributed by atoms with Gasteiger partial charge in [-0.05, 0) is 0 Å².